The first kappa shape index (κ1) is 12.4. The number of H-pyrrole nitrogens is 1. The zero-order chi connectivity index (χ0) is 13.4. The SMILES string of the molecule is CC(=O)c1[nH]c2ccc(C(C)C)cc2c1C(=O)O. The molecule has 0 aliphatic rings. The molecule has 0 radical (unpaired) electrons. The Hall–Kier alpha value is -2.10. The van der Waals surface area contributed by atoms with Gasteiger partial charge in [0.25, 0.3) is 0 Å². The van der Waals surface area contributed by atoms with Gasteiger partial charge in [0.1, 0.15) is 0 Å². The number of nitrogens with one attached hydrogen (secondary N) is 1. The molecule has 0 amide bonds. The third-order valence-electron chi connectivity index (χ3n) is 3.06. The zero-order valence-corrected chi connectivity index (χ0v) is 10.6. The lowest BCUT2D eigenvalue weighted by Gasteiger charge is -2.04. The van der Waals surface area contributed by atoms with Crippen LogP contribution in [-0.4, -0.2) is 21.8 Å². The second-order valence-corrected chi connectivity index (χ2v) is 4.70. The summed E-state index contributed by atoms with van der Waals surface area (Å²) in [6, 6.07) is 5.61. The van der Waals surface area contributed by atoms with E-state index in [2.05, 4.69) is 4.98 Å². The van der Waals surface area contributed by atoms with Gasteiger partial charge in [-0.15, -0.1) is 0 Å². The van der Waals surface area contributed by atoms with Gasteiger partial charge in [0.2, 0.25) is 0 Å². The van der Waals surface area contributed by atoms with Gasteiger partial charge in [0, 0.05) is 17.8 Å². The first-order valence-electron chi connectivity index (χ1n) is 5.81. The Kier molecular flexibility index (Phi) is 2.95. The molecule has 0 bridgehead atoms. The van der Waals surface area contributed by atoms with Crippen molar-refractivity contribution in [3.63, 3.8) is 0 Å². The predicted octanol–water partition coefficient (Wildman–Crippen LogP) is 3.19. The number of hydrogen-bond donors (Lipinski definition) is 2. The predicted molar refractivity (Wildman–Crippen MR) is 69.4 cm³/mol. The Morgan fingerprint density at radius 1 is 1.28 bits per heavy atom. The zero-order valence-electron chi connectivity index (χ0n) is 10.6. The summed E-state index contributed by atoms with van der Waals surface area (Å²) >= 11 is 0. The molecule has 94 valence electrons. The Labute approximate surface area is 105 Å². The quantitative estimate of drug-likeness (QED) is 0.816. The monoisotopic (exact) mass is 245 g/mol. The average Bonchev–Trinajstić information content (AvgIpc) is 2.66. The van der Waals surface area contributed by atoms with Gasteiger partial charge in [-0.3, -0.25) is 4.79 Å². The number of fused-ring (bicyclic) bond motifs is 1. The number of rotatable bonds is 3. The fourth-order valence-corrected chi connectivity index (χ4v) is 2.05. The van der Waals surface area contributed by atoms with Gasteiger partial charge < -0.3 is 10.1 Å². The van der Waals surface area contributed by atoms with Crippen LogP contribution in [0.2, 0.25) is 0 Å². The Balaban J connectivity index is 2.80. The highest BCUT2D eigenvalue weighted by Crippen LogP contribution is 2.26. The lowest BCUT2D eigenvalue weighted by Crippen LogP contribution is -2.04. The molecule has 2 aromatic rings. The van der Waals surface area contributed by atoms with Crippen molar-refractivity contribution < 1.29 is 14.7 Å². The molecular formula is C14H15NO3. The average molecular weight is 245 g/mol. The van der Waals surface area contributed by atoms with Crippen LogP contribution in [0.15, 0.2) is 18.2 Å². The summed E-state index contributed by atoms with van der Waals surface area (Å²) in [6.45, 7) is 5.45. The van der Waals surface area contributed by atoms with Crippen LogP contribution in [0.4, 0.5) is 0 Å². The van der Waals surface area contributed by atoms with Crippen molar-refractivity contribution in [3.05, 3.63) is 35.0 Å². The number of ketones is 1. The van der Waals surface area contributed by atoms with E-state index in [9.17, 15) is 14.7 Å². The highest BCUT2D eigenvalue weighted by molar-refractivity contribution is 6.13. The highest BCUT2D eigenvalue weighted by atomic mass is 16.4. The Bertz CT molecular complexity index is 638. The van der Waals surface area contributed by atoms with E-state index in [1.807, 2.05) is 32.0 Å². The first-order valence-corrected chi connectivity index (χ1v) is 5.81. The van der Waals surface area contributed by atoms with Crippen molar-refractivity contribution in [1.82, 2.24) is 4.98 Å². The smallest absolute Gasteiger partial charge is 0.338 e. The molecule has 2 N–H and O–H groups in total. The summed E-state index contributed by atoms with van der Waals surface area (Å²) in [5, 5.41) is 9.85. The minimum absolute atomic E-state index is 0.0694. The molecule has 0 aliphatic carbocycles. The second-order valence-electron chi connectivity index (χ2n) is 4.70. The van der Waals surface area contributed by atoms with Crippen molar-refractivity contribution in [3.8, 4) is 0 Å². The molecule has 0 atom stereocenters. The van der Waals surface area contributed by atoms with Gasteiger partial charge in [0.05, 0.1) is 11.3 Å². The van der Waals surface area contributed by atoms with Crippen LogP contribution in [0.1, 0.15) is 53.1 Å². The van der Waals surface area contributed by atoms with Crippen LogP contribution in [0.5, 0.6) is 0 Å². The van der Waals surface area contributed by atoms with Crippen LogP contribution in [0, 0.1) is 0 Å². The van der Waals surface area contributed by atoms with E-state index in [-0.39, 0.29) is 17.0 Å². The topological polar surface area (TPSA) is 70.2 Å². The van der Waals surface area contributed by atoms with Crippen LogP contribution < -0.4 is 0 Å². The molecule has 2 rings (SSSR count). The maximum absolute atomic E-state index is 11.5. The van der Waals surface area contributed by atoms with Gasteiger partial charge in [-0.25, -0.2) is 4.79 Å². The molecule has 0 spiro atoms. The molecule has 1 heterocycles. The van der Waals surface area contributed by atoms with E-state index < -0.39 is 5.97 Å². The molecule has 0 aliphatic heterocycles. The van der Waals surface area contributed by atoms with Crippen molar-refractivity contribution >= 4 is 22.7 Å². The summed E-state index contributed by atoms with van der Waals surface area (Å²) in [5.41, 5.74) is 1.97. The molecule has 4 nitrogen and oxygen atoms in total. The van der Waals surface area contributed by atoms with E-state index >= 15 is 0 Å². The summed E-state index contributed by atoms with van der Waals surface area (Å²) in [4.78, 5) is 25.7. The molecule has 0 fully saturated rings. The number of aromatic amines is 1. The molecule has 1 aromatic heterocycles. The standard InChI is InChI=1S/C14H15NO3/c1-7(2)9-4-5-11-10(6-9)12(14(17)18)13(15-11)8(3)16/h4-7,15H,1-3H3,(H,17,18). The summed E-state index contributed by atoms with van der Waals surface area (Å²) in [6.07, 6.45) is 0. The fourth-order valence-electron chi connectivity index (χ4n) is 2.05. The van der Waals surface area contributed by atoms with E-state index in [1.54, 1.807) is 0 Å². The maximum Gasteiger partial charge on any atom is 0.338 e. The third-order valence-corrected chi connectivity index (χ3v) is 3.06. The van der Waals surface area contributed by atoms with E-state index in [0.29, 0.717) is 16.8 Å². The number of carboxylic acids is 1. The lowest BCUT2D eigenvalue weighted by atomic mass is 10.00. The minimum Gasteiger partial charge on any atom is -0.478 e. The summed E-state index contributed by atoms with van der Waals surface area (Å²) in [7, 11) is 0. The molecule has 4 heteroatoms. The summed E-state index contributed by atoms with van der Waals surface area (Å²) < 4.78 is 0. The van der Waals surface area contributed by atoms with Crippen molar-refractivity contribution in [1.29, 1.82) is 0 Å². The van der Waals surface area contributed by atoms with Gasteiger partial charge in [-0.05, 0) is 23.6 Å². The highest BCUT2D eigenvalue weighted by Gasteiger charge is 2.20. The second kappa shape index (κ2) is 4.29. The first-order chi connectivity index (χ1) is 8.41. The number of carbonyl (C=O) groups is 2. The van der Waals surface area contributed by atoms with Crippen molar-refractivity contribution in [2.24, 2.45) is 0 Å². The van der Waals surface area contributed by atoms with Gasteiger partial charge in [-0.2, -0.15) is 0 Å². The molecule has 18 heavy (non-hydrogen) atoms. The van der Waals surface area contributed by atoms with Crippen LogP contribution in [0.3, 0.4) is 0 Å². The molecule has 0 saturated carbocycles. The molecule has 0 saturated heterocycles. The van der Waals surface area contributed by atoms with E-state index in [4.69, 9.17) is 0 Å². The third kappa shape index (κ3) is 1.90. The number of aromatic nitrogens is 1. The number of carboxylic acid groups (broad SMARTS) is 1. The minimum atomic E-state index is -1.08. The number of carbonyl (C=O) groups excluding carboxylic acids is 1. The Morgan fingerprint density at radius 2 is 1.94 bits per heavy atom. The number of Topliss-reactive ketones (excluding diaryl/α,β-unsaturated/α-hetero) is 1. The molecule has 0 unspecified atom stereocenters. The maximum atomic E-state index is 11.5. The van der Waals surface area contributed by atoms with Crippen molar-refractivity contribution in [2.75, 3.05) is 0 Å². The Morgan fingerprint density at radius 3 is 2.44 bits per heavy atom. The molecule has 1 aromatic carbocycles. The van der Waals surface area contributed by atoms with Gasteiger partial charge in [0.15, 0.2) is 5.78 Å². The van der Waals surface area contributed by atoms with E-state index in [1.165, 1.54) is 6.92 Å². The largest absolute Gasteiger partial charge is 0.478 e. The molecular weight excluding hydrogens is 230 g/mol. The van der Waals surface area contributed by atoms with Crippen LogP contribution in [0.25, 0.3) is 10.9 Å². The normalized spacial score (nSPS) is 11.1. The lowest BCUT2D eigenvalue weighted by molar-refractivity contribution is 0.0694. The van der Waals surface area contributed by atoms with Crippen molar-refractivity contribution in [2.45, 2.75) is 26.7 Å². The van der Waals surface area contributed by atoms with Gasteiger partial charge >= 0.3 is 5.97 Å². The number of hydrogen-bond acceptors (Lipinski definition) is 2. The fraction of sp³-hybridized carbons (Fsp3) is 0.286. The van der Waals surface area contributed by atoms with Crippen LogP contribution in [-0.2, 0) is 0 Å². The van der Waals surface area contributed by atoms with Gasteiger partial charge in [-0.1, -0.05) is 19.9 Å². The summed E-state index contributed by atoms with van der Waals surface area (Å²) in [5.74, 6) is -1.03. The van der Waals surface area contributed by atoms with E-state index in [0.717, 1.165) is 5.56 Å². The van der Waals surface area contributed by atoms with Crippen LogP contribution >= 0.6 is 0 Å². The number of aromatic carboxylic acids is 1. The number of benzene rings is 1.